The van der Waals surface area contributed by atoms with E-state index in [0.717, 1.165) is 19.3 Å². The maximum atomic E-state index is 12.2. The lowest BCUT2D eigenvalue weighted by atomic mass is 9.74. The lowest BCUT2D eigenvalue weighted by molar-refractivity contribution is -0.137. The summed E-state index contributed by atoms with van der Waals surface area (Å²) in [5, 5.41) is 0. The molecule has 1 aliphatic carbocycles. The Morgan fingerprint density at radius 2 is 1.89 bits per heavy atom. The molecule has 3 unspecified atom stereocenters. The van der Waals surface area contributed by atoms with Gasteiger partial charge in [-0.1, -0.05) is 13.8 Å². The van der Waals surface area contributed by atoms with Crippen LogP contribution in [-0.2, 0) is 0 Å². The highest BCUT2D eigenvalue weighted by Gasteiger charge is 2.31. The molecule has 2 N–H and O–H groups in total. The van der Waals surface area contributed by atoms with Crippen LogP contribution in [0.4, 0.5) is 13.2 Å². The van der Waals surface area contributed by atoms with E-state index < -0.39 is 12.6 Å². The van der Waals surface area contributed by atoms with E-state index in [1.807, 2.05) is 0 Å². The van der Waals surface area contributed by atoms with Gasteiger partial charge in [0.2, 0.25) is 0 Å². The van der Waals surface area contributed by atoms with Gasteiger partial charge in [-0.15, -0.1) is 0 Å². The molecule has 1 rings (SSSR count). The third kappa shape index (κ3) is 6.13. The van der Waals surface area contributed by atoms with Gasteiger partial charge in [0.1, 0.15) is 0 Å². The average Bonchev–Trinajstić information content (AvgIpc) is 2.28. The molecule has 0 amide bonds. The molecule has 0 aliphatic heterocycles. The normalized spacial score (nSPS) is 29.2. The molecule has 0 spiro atoms. The Labute approximate surface area is 114 Å². The van der Waals surface area contributed by atoms with E-state index in [1.165, 1.54) is 0 Å². The summed E-state index contributed by atoms with van der Waals surface area (Å²) in [4.78, 5) is 1.78. The van der Waals surface area contributed by atoms with Gasteiger partial charge < -0.3 is 10.6 Å². The van der Waals surface area contributed by atoms with Crippen molar-refractivity contribution >= 4 is 0 Å². The zero-order valence-corrected chi connectivity index (χ0v) is 12.2. The van der Waals surface area contributed by atoms with Crippen molar-refractivity contribution in [2.45, 2.75) is 51.7 Å². The van der Waals surface area contributed by atoms with Crippen LogP contribution in [0.5, 0.6) is 0 Å². The van der Waals surface area contributed by atoms with Crippen molar-refractivity contribution in [1.82, 2.24) is 4.90 Å². The second kappa shape index (κ2) is 6.93. The molecule has 0 heterocycles. The summed E-state index contributed by atoms with van der Waals surface area (Å²) in [6.45, 7) is 5.18. The maximum Gasteiger partial charge on any atom is 0.390 e. The van der Waals surface area contributed by atoms with Crippen LogP contribution >= 0.6 is 0 Å². The fourth-order valence-electron chi connectivity index (χ4n) is 2.95. The Morgan fingerprint density at radius 1 is 1.26 bits per heavy atom. The van der Waals surface area contributed by atoms with Crippen LogP contribution in [0.1, 0.15) is 39.5 Å². The van der Waals surface area contributed by atoms with Gasteiger partial charge in [-0.3, -0.25) is 0 Å². The fraction of sp³-hybridized carbons (Fsp3) is 1.00. The van der Waals surface area contributed by atoms with E-state index in [2.05, 4.69) is 13.8 Å². The second-order valence-electron chi connectivity index (χ2n) is 6.37. The molecule has 5 heteroatoms. The van der Waals surface area contributed by atoms with E-state index in [0.29, 0.717) is 24.3 Å². The SMILES string of the molecule is CC(C)C1CCC(N)C(CN(C)CCC(F)(F)F)C1. The van der Waals surface area contributed by atoms with E-state index in [1.54, 1.807) is 11.9 Å². The standard InChI is InChI=1S/C14H27F3N2/c1-10(2)11-4-5-13(18)12(8-11)9-19(3)7-6-14(15,16)17/h10-13H,4-9,18H2,1-3H3. The fourth-order valence-corrected chi connectivity index (χ4v) is 2.95. The molecule has 0 saturated heterocycles. The minimum Gasteiger partial charge on any atom is -0.327 e. The summed E-state index contributed by atoms with van der Waals surface area (Å²) in [5.41, 5.74) is 6.12. The molecule has 0 aromatic carbocycles. The van der Waals surface area contributed by atoms with Crippen molar-refractivity contribution < 1.29 is 13.2 Å². The van der Waals surface area contributed by atoms with Crippen LogP contribution < -0.4 is 5.73 Å². The Kier molecular flexibility index (Phi) is 6.12. The molecule has 19 heavy (non-hydrogen) atoms. The molecule has 0 aromatic rings. The summed E-state index contributed by atoms with van der Waals surface area (Å²) in [5.74, 6) is 1.63. The van der Waals surface area contributed by atoms with E-state index in [9.17, 15) is 13.2 Å². The molecule has 114 valence electrons. The summed E-state index contributed by atoms with van der Waals surface area (Å²) in [7, 11) is 1.76. The smallest absolute Gasteiger partial charge is 0.327 e. The summed E-state index contributed by atoms with van der Waals surface area (Å²) < 4.78 is 36.6. The number of hydrogen-bond donors (Lipinski definition) is 1. The van der Waals surface area contributed by atoms with Crippen molar-refractivity contribution in [3.63, 3.8) is 0 Å². The Balaban J connectivity index is 2.40. The molecule has 1 aliphatic rings. The number of nitrogens with two attached hydrogens (primary N) is 1. The van der Waals surface area contributed by atoms with Crippen LogP contribution in [0.2, 0.25) is 0 Å². The third-order valence-corrected chi connectivity index (χ3v) is 4.35. The van der Waals surface area contributed by atoms with Gasteiger partial charge in [0, 0.05) is 19.1 Å². The molecule has 0 radical (unpaired) electrons. The molecule has 0 aromatic heterocycles. The van der Waals surface area contributed by atoms with Crippen LogP contribution in [0.25, 0.3) is 0 Å². The third-order valence-electron chi connectivity index (χ3n) is 4.35. The second-order valence-corrected chi connectivity index (χ2v) is 6.37. The van der Waals surface area contributed by atoms with Gasteiger partial charge in [-0.05, 0) is 44.1 Å². The lowest BCUT2D eigenvalue weighted by Gasteiger charge is -2.38. The maximum absolute atomic E-state index is 12.2. The predicted octanol–water partition coefficient (Wildman–Crippen LogP) is 3.27. The zero-order valence-electron chi connectivity index (χ0n) is 12.2. The molecule has 1 fully saturated rings. The number of hydrogen-bond acceptors (Lipinski definition) is 2. The largest absolute Gasteiger partial charge is 0.390 e. The Bertz CT molecular complexity index is 266. The van der Waals surface area contributed by atoms with Crippen LogP contribution in [0.3, 0.4) is 0 Å². The first-order valence-electron chi connectivity index (χ1n) is 7.20. The highest BCUT2D eigenvalue weighted by Crippen LogP contribution is 2.33. The van der Waals surface area contributed by atoms with Gasteiger partial charge in [-0.25, -0.2) is 0 Å². The van der Waals surface area contributed by atoms with Crippen molar-refractivity contribution in [2.24, 2.45) is 23.5 Å². The lowest BCUT2D eigenvalue weighted by Crippen LogP contribution is -2.43. The van der Waals surface area contributed by atoms with Gasteiger partial charge in [0.25, 0.3) is 0 Å². The minimum atomic E-state index is -4.07. The quantitative estimate of drug-likeness (QED) is 0.837. The molecule has 1 saturated carbocycles. The first-order valence-corrected chi connectivity index (χ1v) is 7.20. The van der Waals surface area contributed by atoms with Gasteiger partial charge in [0.15, 0.2) is 0 Å². The van der Waals surface area contributed by atoms with Gasteiger partial charge >= 0.3 is 6.18 Å². The highest BCUT2D eigenvalue weighted by atomic mass is 19.4. The molecule has 0 bridgehead atoms. The molecule has 2 nitrogen and oxygen atoms in total. The number of rotatable bonds is 5. The van der Waals surface area contributed by atoms with Crippen molar-refractivity contribution in [2.75, 3.05) is 20.1 Å². The summed E-state index contributed by atoms with van der Waals surface area (Å²) >= 11 is 0. The molecule has 3 atom stereocenters. The van der Waals surface area contributed by atoms with Crippen molar-refractivity contribution in [1.29, 1.82) is 0 Å². The van der Waals surface area contributed by atoms with Crippen molar-refractivity contribution in [3.05, 3.63) is 0 Å². The van der Waals surface area contributed by atoms with E-state index >= 15 is 0 Å². The summed E-state index contributed by atoms with van der Waals surface area (Å²) in [6, 6.07) is 0.142. The van der Waals surface area contributed by atoms with Gasteiger partial charge in [-0.2, -0.15) is 13.2 Å². The topological polar surface area (TPSA) is 29.3 Å². The van der Waals surface area contributed by atoms with Crippen LogP contribution in [0, 0.1) is 17.8 Å². The number of halogens is 3. The monoisotopic (exact) mass is 280 g/mol. The highest BCUT2D eigenvalue weighted by molar-refractivity contribution is 4.85. The first kappa shape index (κ1) is 16.8. The van der Waals surface area contributed by atoms with Crippen molar-refractivity contribution in [3.8, 4) is 0 Å². The minimum absolute atomic E-state index is 0.0685. The number of alkyl halides is 3. The first-order chi connectivity index (χ1) is 8.69. The number of nitrogens with zero attached hydrogens (tertiary/aromatic N) is 1. The Hall–Kier alpha value is -0.290. The van der Waals surface area contributed by atoms with Gasteiger partial charge in [0.05, 0.1) is 6.42 Å². The summed E-state index contributed by atoms with van der Waals surface area (Å²) in [6.07, 6.45) is -1.60. The predicted molar refractivity (Wildman–Crippen MR) is 71.8 cm³/mol. The van der Waals surface area contributed by atoms with E-state index in [-0.39, 0.29) is 12.6 Å². The zero-order chi connectivity index (χ0) is 14.6. The molecular weight excluding hydrogens is 253 g/mol. The Morgan fingerprint density at radius 3 is 2.42 bits per heavy atom. The van der Waals surface area contributed by atoms with E-state index in [4.69, 9.17) is 5.73 Å². The van der Waals surface area contributed by atoms with Crippen LogP contribution in [0.15, 0.2) is 0 Å². The molecular formula is C14H27F3N2. The average molecular weight is 280 g/mol. The van der Waals surface area contributed by atoms with Crippen LogP contribution in [-0.4, -0.2) is 37.3 Å².